The molecule has 0 saturated heterocycles. The van der Waals surface area contributed by atoms with Crippen LogP contribution in [0.1, 0.15) is 13.8 Å². The first-order valence-corrected chi connectivity index (χ1v) is 5.30. The minimum Gasteiger partial charge on any atom is -0.489 e. The van der Waals surface area contributed by atoms with E-state index >= 15 is 0 Å². The molecule has 0 bridgehead atoms. The molecule has 15 heavy (non-hydrogen) atoms. The Balaban J connectivity index is 2.53. The van der Waals surface area contributed by atoms with E-state index in [2.05, 4.69) is 25.7 Å². The molecule has 1 rings (SSSR count). The van der Waals surface area contributed by atoms with Crippen molar-refractivity contribution < 1.29 is 4.74 Å². The summed E-state index contributed by atoms with van der Waals surface area (Å²) >= 11 is 0. The summed E-state index contributed by atoms with van der Waals surface area (Å²) in [6, 6.07) is 7.99. The Morgan fingerprint density at radius 2 is 2.27 bits per heavy atom. The molecule has 1 aromatic rings. The van der Waals surface area contributed by atoms with Crippen molar-refractivity contribution in [1.29, 1.82) is 0 Å². The van der Waals surface area contributed by atoms with Crippen LogP contribution < -0.4 is 10.1 Å². The van der Waals surface area contributed by atoms with Crippen molar-refractivity contribution in [1.82, 2.24) is 0 Å². The van der Waals surface area contributed by atoms with E-state index in [-0.39, 0.29) is 0 Å². The van der Waals surface area contributed by atoms with Crippen LogP contribution in [0.2, 0.25) is 0 Å². The number of anilines is 1. The Labute approximate surface area is 92.0 Å². The predicted octanol–water partition coefficient (Wildman–Crippen LogP) is 3.32. The van der Waals surface area contributed by atoms with Gasteiger partial charge in [0.25, 0.3) is 0 Å². The monoisotopic (exact) mass is 205 g/mol. The van der Waals surface area contributed by atoms with Crippen LogP contribution in [0.4, 0.5) is 5.69 Å². The highest BCUT2D eigenvalue weighted by molar-refractivity contribution is 5.48. The van der Waals surface area contributed by atoms with Gasteiger partial charge in [-0.3, -0.25) is 0 Å². The molecule has 0 aliphatic carbocycles. The molecule has 0 aromatic heterocycles. The Kier molecular flexibility index (Phi) is 4.75. The number of nitrogens with one attached hydrogen (secondary N) is 1. The summed E-state index contributed by atoms with van der Waals surface area (Å²) in [5, 5.41) is 3.36. The number of benzene rings is 1. The lowest BCUT2D eigenvalue weighted by atomic mass is 10.2. The molecule has 0 radical (unpaired) electrons. The van der Waals surface area contributed by atoms with Gasteiger partial charge in [-0.1, -0.05) is 32.6 Å². The molecular weight excluding hydrogens is 186 g/mol. The predicted molar refractivity (Wildman–Crippen MR) is 65.5 cm³/mol. The number of rotatable bonds is 6. The van der Waals surface area contributed by atoms with E-state index in [0.717, 1.165) is 18.0 Å². The van der Waals surface area contributed by atoms with Crippen LogP contribution in [0.25, 0.3) is 0 Å². The molecule has 1 N–H and O–H groups in total. The Bertz CT molecular complexity index is 307. The SMILES string of the molecule is C=CCOc1cccc(NCC(C)C)c1. The fraction of sp³-hybridized carbons (Fsp3) is 0.385. The molecular formula is C13H19NO. The summed E-state index contributed by atoms with van der Waals surface area (Å²) in [5.74, 6) is 1.52. The lowest BCUT2D eigenvalue weighted by molar-refractivity contribution is 0.363. The van der Waals surface area contributed by atoms with E-state index < -0.39 is 0 Å². The fourth-order valence-corrected chi connectivity index (χ4v) is 1.17. The summed E-state index contributed by atoms with van der Waals surface area (Å²) in [6.07, 6.45) is 1.74. The van der Waals surface area contributed by atoms with Crippen LogP contribution in [0.15, 0.2) is 36.9 Å². The van der Waals surface area contributed by atoms with Gasteiger partial charge in [-0.2, -0.15) is 0 Å². The third-order valence-electron chi connectivity index (χ3n) is 1.92. The van der Waals surface area contributed by atoms with Crippen LogP contribution >= 0.6 is 0 Å². The molecule has 0 atom stereocenters. The van der Waals surface area contributed by atoms with Crippen molar-refractivity contribution in [2.24, 2.45) is 5.92 Å². The van der Waals surface area contributed by atoms with E-state index in [1.54, 1.807) is 6.08 Å². The maximum atomic E-state index is 5.44. The van der Waals surface area contributed by atoms with E-state index in [9.17, 15) is 0 Å². The van der Waals surface area contributed by atoms with Gasteiger partial charge in [0, 0.05) is 18.3 Å². The van der Waals surface area contributed by atoms with Crippen molar-refractivity contribution in [2.75, 3.05) is 18.5 Å². The normalized spacial score (nSPS) is 10.1. The highest BCUT2D eigenvalue weighted by Gasteiger charge is 1.97. The first-order valence-electron chi connectivity index (χ1n) is 5.30. The first kappa shape index (κ1) is 11.6. The second kappa shape index (κ2) is 6.12. The quantitative estimate of drug-likeness (QED) is 0.719. The van der Waals surface area contributed by atoms with E-state index in [4.69, 9.17) is 4.74 Å². The largest absolute Gasteiger partial charge is 0.489 e. The van der Waals surface area contributed by atoms with Gasteiger partial charge in [-0.05, 0) is 18.1 Å². The number of hydrogen-bond acceptors (Lipinski definition) is 2. The van der Waals surface area contributed by atoms with Crippen LogP contribution in [-0.4, -0.2) is 13.2 Å². The standard InChI is InChI=1S/C13H19NO/c1-4-8-15-13-7-5-6-12(9-13)14-10-11(2)3/h4-7,9,11,14H,1,8,10H2,2-3H3. The summed E-state index contributed by atoms with van der Waals surface area (Å²) in [7, 11) is 0. The minimum atomic E-state index is 0.549. The summed E-state index contributed by atoms with van der Waals surface area (Å²) in [5.41, 5.74) is 1.10. The molecule has 0 unspecified atom stereocenters. The molecule has 2 nitrogen and oxygen atoms in total. The lowest BCUT2D eigenvalue weighted by Gasteiger charge is -2.10. The third kappa shape index (κ3) is 4.54. The van der Waals surface area contributed by atoms with E-state index in [1.807, 2.05) is 24.3 Å². The molecule has 0 saturated carbocycles. The smallest absolute Gasteiger partial charge is 0.121 e. The zero-order valence-electron chi connectivity index (χ0n) is 9.49. The van der Waals surface area contributed by atoms with Crippen molar-refractivity contribution in [2.45, 2.75) is 13.8 Å². The van der Waals surface area contributed by atoms with Crippen molar-refractivity contribution in [3.05, 3.63) is 36.9 Å². The molecule has 0 spiro atoms. The van der Waals surface area contributed by atoms with Gasteiger partial charge in [-0.15, -0.1) is 0 Å². The first-order chi connectivity index (χ1) is 7.22. The average Bonchev–Trinajstić information content (AvgIpc) is 2.24. The van der Waals surface area contributed by atoms with Crippen molar-refractivity contribution in [3.63, 3.8) is 0 Å². The van der Waals surface area contributed by atoms with Gasteiger partial charge >= 0.3 is 0 Å². The second-order valence-corrected chi connectivity index (χ2v) is 3.90. The van der Waals surface area contributed by atoms with Gasteiger partial charge in [0.1, 0.15) is 12.4 Å². The topological polar surface area (TPSA) is 21.3 Å². The molecule has 0 fully saturated rings. The lowest BCUT2D eigenvalue weighted by Crippen LogP contribution is -2.07. The van der Waals surface area contributed by atoms with Crippen LogP contribution in [0.3, 0.4) is 0 Å². The Morgan fingerprint density at radius 3 is 2.93 bits per heavy atom. The van der Waals surface area contributed by atoms with Gasteiger partial charge < -0.3 is 10.1 Å². The number of hydrogen-bond donors (Lipinski definition) is 1. The molecule has 82 valence electrons. The third-order valence-corrected chi connectivity index (χ3v) is 1.92. The summed E-state index contributed by atoms with van der Waals surface area (Å²) in [6.45, 7) is 9.51. The maximum absolute atomic E-state index is 5.44. The van der Waals surface area contributed by atoms with Gasteiger partial charge in [0.2, 0.25) is 0 Å². The van der Waals surface area contributed by atoms with Gasteiger partial charge in [0.05, 0.1) is 0 Å². The Hall–Kier alpha value is -1.44. The van der Waals surface area contributed by atoms with E-state index in [0.29, 0.717) is 12.5 Å². The van der Waals surface area contributed by atoms with Crippen LogP contribution in [-0.2, 0) is 0 Å². The summed E-state index contributed by atoms with van der Waals surface area (Å²) < 4.78 is 5.44. The molecule has 0 aliphatic rings. The molecule has 0 heterocycles. The zero-order chi connectivity index (χ0) is 11.1. The number of ether oxygens (including phenoxy) is 1. The second-order valence-electron chi connectivity index (χ2n) is 3.90. The van der Waals surface area contributed by atoms with Crippen LogP contribution in [0.5, 0.6) is 5.75 Å². The van der Waals surface area contributed by atoms with Crippen molar-refractivity contribution in [3.8, 4) is 5.75 Å². The average molecular weight is 205 g/mol. The molecule has 2 heteroatoms. The highest BCUT2D eigenvalue weighted by atomic mass is 16.5. The highest BCUT2D eigenvalue weighted by Crippen LogP contribution is 2.17. The zero-order valence-corrected chi connectivity index (χ0v) is 9.49. The molecule has 0 aliphatic heterocycles. The minimum absolute atomic E-state index is 0.549. The summed E-state index contributed by atoms with van der Waals surface area (Å²) in [4.78, 5) is 0. The molecule has 0 amide bonds. The maximum Gasteiger partial charge on any atom is 0.121 e. The molecule has 1 aromatic carbocycles. The van der Waals surface area contributed by atoms with Crippen molar-refractivity contribution >= 4 is 5.69 Å². The van der Waals surface area contributed by atoms with E-state index in [1.165, 1.54) is 0 Å². The van der Waals surface area contributed by atoms with Crippen LogP contribution in [0, 0.1) is 5.92 Å². The van der Waals surface area contributed by atoms with Gasteiger partial charge in [0.15, 0.2) is 0 Å². The fourth-order valence-electron chi connectivity index (χ4n) is 1.17. The Morgan fingerprint density at radius 1 is 1.47 bits per heavy atom. The van der Waals surface area contributed by atoms with Gasteiger partial charge in [-0.25, -0.2) is 0 Å².